The average molecular weight is 1090 g/mol. The SMILES string of the molecule is CN(C)CCC=C1c2ccccc2CCc2ccccc21.CN(C)CCCN1c2ccccc2CCc2ccccc21.CNCCC=C1c2ccccc2CCc2ccccc21.CNCCCN1c2ccccc2CCc2ccccc21. The van der Waals surface area contributed by atoms with Gasteiger partial charge >= 0.3 is 0 Å². The molecule has 0 atom stereocenters. The number of hydrogen-bond acceptors (Lipinski definition) is 6. The molecule has 2 N–H and O–H groups in total. The summed E-state index contributed by atoms with van der Waals surface area (Å²) in [6.45, 7) is 6.43. The molecule has 0 saturated carbocycles. The highest BCUT2D eigenvalue weighted by molar-refractivity contribution is 5.85. The molecule has 0 amide bonds. The molecule has 6 nitrogen and oxygen atoms in total. The summed E-state index contributed by atoms with van der Waals surface area (Å²) < 4.78 is 0. The third-order valence-corrected chi connectivity index (χ3v) is 16.5. The molecule has 6 heteroatoms. The van der Waals surface area contributed by atoms with E-state index in [1.54, 1.807) is 0 Å². The van der Waals surface area contributed by atoms with E-state index in [9.17, 15) is 0 Å². The van der Waals surface area contributed by atoms with E-state index in [0.29, 0.717) is 0 Å². The van der Waals surface area contributed by atoms with Crippen molar-refractivity contribution >= 4 is 33.9 Å². The summed E-state index contributed by atoms with van der Waals surface area (Å²) in [5, 5.41) is 6.47. The number of anilines is 4. The number of para-hydroxylation sites is 4. The molecule has 2 heterocycles. The van der Waals surface area contributed by atoms with Crippen LogP contribution < -0.4 is 20.4 Å². The first kappa shape index (κ1) is 59.3. The van der Waals surface area contributed by atoms with Crippen LogP contribution in [0.1, 0.15) is 92.4 Å². The summed E-state index contributed by atoms with van der Waals surface area (Å²) in [6.07, 6.45) is 18.4. The van der Waals surface area contributed by atoms with Crippen molar-refractivity contribution in [2.45, 2.75) is 77.0 Å². The predicted molar refractivity (Wildman–Crippen MR) is 353 cm³/mol. The van der Waals surface area contributed by atoms with Gasteiger partial charge in [0.15, 0.2) is 0 Å². The molecule has 0 bridgehead atoms. The van der Waals surface area contributed by atoms with Gasteiger partial charge in [0.2, 0.25) is 0 Å². The monoisotopic (exact) mass is 1090 g/mol. The van der Waals surface area contributed by atoms with Gasteiger partial charge in [-0.15, -0.1) is 0 Å². The zero-order valence-electron chi connectivity index (χ0n) is 50.1. The number of benzene rings is 8. The molecule has 8 aromatic rings. The Bertz CT molecular complexity index is 3150. The third-order valence-electron chi connectivity index (χ3n) is 16.5. The van der Waals surface area contributed by atoms with Crippen LogP contribution in [-0.4, -0.2) is 91.4 Å². The largest absolute Gasteiger partial charge is 0.341 e. The minimum Gasteiger partial charge on any atom is -0.341 e. The zero-order chi connectivity index (χ0) is 56.9. The lowest BCUT2D eigenvalue weighted by Gasteiger charge is -2.27. The number of hydrogen-bond donors (Lipinski definition) is 2. The zero-order valence-corrected chi connectivity index (χ0v) is 50.1. The van der Waals surface area contributed by atoms with Crippen LogP contribution in [0.2, 0.25) is 0 Å². The maximum absolute atomic E-state index is 3.24. The fourth-order valence-electron chi connectivity index (χ4n) is 12.3. The molecule has 0 aromatic heterocycles. The second-order valence-electron chi connectivity index (χ2n) is 22.8. The Morgan fingerprint density at radius 1 is 0.329 bits per heavy atom. The van der Waals surface area contributed by atoms with Crippen LogP contribution in [0.3, 0.4) is 0 Å². The fourth-order valence-corrected chi connectivity index (χ4v) is 12.3. The van der Waals surface area contributed by atoms with Gasteiger partial charge in [0.25, 0.3) is 0 Å². The van der Waals surface area contributed by atoms with Crippen molar-refractivity contribution in [1.82, 2.24) is 20.4 Å². The summed E-state index contributed by atoms with van der Waals surface area (Å²) in [4.78, 5) is 9.51. The molecular weight excluding hydrogens is 997 g/mol. The Labute approximate surface area is 493 Å². The molecule has 0 saturated heterocycles. The first-order chi connectivity index (χ1) is 40.3. The van der Waals surface area contributed by atoms with E-state index < -0.39 is 0 Å². The van der Waals surface area contributed by atoms with Gasteiger partial charge in [-0.3, -0.25) is 0 Å². The Balaban J connectivity index is 0.000000132. The summed E-state index contributed by atoms with van der Waals surface area (Å²) in [7, 11) is 12.6. The Hall–Kier alpha value is -7.32. The fraction of sp³-hybridized carbons (Fsp3) is 0.316. The van der Waals surface area contributed by atoms with E-state index in [-0.39, 0.29) is 0 Å². The predicted octanol–water partition coefficient (Wildman–Crippen LogP) is 15.4. The van der Waals surface area contributed by atoms with Crippen molar-refractivity contribution < 1.29 is 0 Å². The molecule has 8 aromatic carbocycles. The lowest BCUT2D eigenvalue weighted by atomic mass is 9.93. The van der Waals surface area contributed by atoms with Crippen LogP contribution in [0.25, 0.3) is 11.1 Å². The number of aryl methyl sites for hydroxylation is 8. The molecule has 12 rings (SSSR count). The van der Waals surface area contributed by atoms with E-state index in [0.717, 1.165) is 110 Å². The standard InChI is InChI=1S/C20H23N.C19H24N2.C19H21N.C18H22N2/c1-21(2)15-7-12-20-18-10-5-3-8-16(18)13-14-17-9-4-6-11-19(17)20;1-20(2)14-7-15-21-18-10-5-3-8-16(18)12-13-17-9-4-6-11-19(17)21;1-20-14-6-11-19-17-9-4-2-7-15(17)12-13-16-8-3-5-10-18(16)19;1-19-13-6-14-20-17-9-4-2-7-15(17)11-12-16-8-3-5-10-18(16)20/h3-6,8-12H,7,13-15H2,1-2H3;3-6,8-11H,7,12-15H2,1-2H3;2-5,7-11,20H,6,12-14H2,1H3;2-5,7-10,19H,6,11-14H2,1H3. The van der Waals surface area contributed by atoms with E-state index in [4.69, 9.17) is 0 Å². The minimum absolute atomic E-state index is 1.02. The molecule has 0 spiro atoms. The Morgan fingerprint density at radius 3 is 0.939 bits per heavy atom. The van der Waals surface area contributed by atoms with Crippen LogP contribution >= 0.6 is 0 Å². The average Bonchev–Trinajstić information content (AvgIpc) is 4.05. The quantitative estimate of drug-likeness (QED) is 0.106. The van der Waals surface area contributed by atoms with Gasteiger partial charge in [0.1, 0.15) is 0 Å². The highest BCUT2D eigenvalue weighted by atomic mass is 15.2. The van der Waals surface area contributed by atoms with Gasteiger partial charge in [0.05, 0.1) is 0 Å². The first-order valence-corrected chi connectivity index (χ1v) is 30.5. The van der Waals surface area contributed by atoms with Crippen molar-refractivity contribution in [3.63, 3.8) is 0 Å². The topological polar surface area (TPSA) is 37.0 Å². The third kappa shape index (κ3) is 15.6. The van der Waals surface area contributed by atoms with Gasteiger partial charge in [-0.05, 0) is 241 Å². The van der Waals surface area contributed by atoms with Crippen LogP contribution in [0.5, 0.6) is 0 Å². The van der Waals surface area contributed by atoms with Crippen molar-refractivity contribution in [2.24, 2.45) is 0 Å². The van der Waals surface area contributed by atoms with E-state index in [1.165, 1.54) is 107 Å². The number of rotatable bonds is 14. The number of fused-ring (bicyclic) bond motifs is 8. The lowest BCUT2D eigenvalue weighted by Crippen LogP contribution is -2.23. The van der Waals surface area contributed by atoms with Gasteiger partial charge < -0.3 is 30.2 Å². The normalized spacial score (nSPS) is 13.6. The van der Waals surface area contributed by atoms with Gasteiger partial charge in [-0.25, -0.2) is 0 Å². The maximum Gasteiger partial charge on any atom is 0.0443 e. The second-order valence-corrected chi connectivity index (χ2v) is 22.8. The summed E-state index contributed by atoms with van der Waals surface area (Å²) in [5.74, 6) is 0. The molecule has 0 unspecified atom stereocenters. The van der Waals surface area contributed by atoms with Crippen LogP contribution in [0.4, 0.5) is 22.7 Å². The Morgan fingerprint density at radius 2 is 0.610 bits per heavy atom. The Kier molecular flexibility index (Phi) is 22.2. The minimum atomic E-state index is 1.02. The molecule has 0 radical (unpaired) electrons. The highest BCUT2D eigenvalue weighted by Crippen LogP contribution is 2.39. The molecule has 82 heavy (non-hydrogen) atoms. The summed E-state index contributed by atoms with van der Waals surface area (Å²) >= 11 is 0. The van der Waals surface area contributed by atoms with Gasteiger partial charge in [0, 0.05) is 42.4 Å². The lowest BCUT2D eigenvalue weighted by molar-refractivity contribution is 0.402. The van der Waals surface area contributed by atoms with E-state index in [2.05, 4.69) is 265 Å². The number of nitrogens with zero attached hydrogens (tertiary/aromatic N) is 4. The summed E-state index contributed by atoms with van der Waals surface area (Å²) in [5.41, 5.74) is 25.8. The van der Waals surface area contributed by atoms with Crippen LogP contribution in [0.15, 0.2) is 206 Å². The molecule has 0 fully saturated rings. The molecule has 424 valence electrons. The molecule has 2 aliphatic heterocycles. The molecule has 2 aliphatic carbocycles. The van der Waals surface area contributed by atoms with Crippen LogP contribution in [-0.2, 0) is 51.4 Å². The number of nitrogens with one attached hydrogen (secondary N) is 2. The summed E-state index contributed by atoms with van der Waals surface area (Å²) in [6, 6.07) is 70.8. The van der Waals surface area contributed by atoms with E-state index >= 15 is 0 Å². The second kappa shape index (κ2) is 30.7. The highest BCUT2D eigenvalue weighted by Gasteiger charge is 2.22. The van der Waals surface area contributed by atoms with Crippen molar-refractivity contribution in [3.8, 4) is 0 Å². The van der Waals surface area contributed by atoms with Crippen molar-refractivity contribution in [1.29, 1.82) is 0 Å². The smallest absolute Gasteiger partial charge is 0.0443 e. The van der Waals surface area contributed by atoms with Crippen LogP contribution in [0, 0.1) is 0 Å². The van der Waals surface area contributed by atoms with Crippen molar-refractivity contribution in [3.05, 3.63) is 273 Å². The molecule has 4 aliphatic rings. The maximum atomic E-state index is 3.24. The first-order valence-electron chi connectivity index (χ1n) is 30.5. The van der Waals surface area contributed by atoms with Gasteiger partial charge in [-0.2, -0.15) is 0 Å². The van der Waals surface area contributed by atoms with Gasteiger partial charge in [-0.1, -0.05) is 182 Å². The van der Waals surface area contributed by atoms with E-state index in [1.807, 2.05) is 14.1 Å². The van der Waals surface area contributed by atoms with Crippen molar-refractivity contribution in [2.75, 3.05) is 91.4 Å². The molecular formula is C76H90N6.